The van der Waals surface area contributed by atoms with E-state index in [1.807, 2.05) is 0 Å². The summed E-state index contributed by atoms with van der Waals surface area (Å²) in [7, 11) is -2.40. The van der Waals surface area contributed by atoms with Crippen LogP contribution in [0, 0.1) is 0 Å². The first kappa shape index (κ1) is 22.0. The number of nitrogens with one attached hydrogen (secondary N) is 1. The number of ether oxygens (including phenoxy) is 1. The van der Waals surface area contributed by atoms with E-state index in [0.717, 1.165) is 12.8 Å². The normalized spacial score (nSPS) is 16.4. The number of carbonyl (C=O) groups excluding carboxylic acids is 1. The highest BCUT2D eigenvalue weighted by molar-refractivity contribution is 7.92. The fourth-order valence-corrected chi connectivity index (χ4v) is 4.36. The van der Waals surface area contributed by atoms with Crippen LogP contribution in [0.2, 0.25) is 0 Å². The van der Waals surface area contributed by atoms with Crippen molar-refractivity contribution in [3.8, 4) is 5.75 Å². The number of amides is 1. The molecule has 2 aromatic rings. The van der Waals surface area contributed by atoms with Gasteiger partial charge in [0, 0.05) is 24.7 Å². The summed E-state index contributed by atoms with van der Waals surface area (Å²) in [6.45, 7) is 1.04. The summed E-state index contributed by atoms with van der Waals surface area (Å²) in [5.41, 5.74) is 6.41. The fourth-order valence-electron chi connectivity index (χ4n) is 3.24. The molecule has 1 aliphatic rings. The molecule has 1 atom stereocenters. The van der Waals surface area contributed by atoms with Gasteiger partial charge in [-0.3, -0.25) is 9.52 Å². The highest BCUT2D eigenvalue weighted by atomic mass is 35.5. The average molecular weight is 426 g/mol. The summed E-state index contributed by atoms with van der Waals surface area (Å²) < 4.78 is 33.2. The van der Waals surface area contributed by atoms with Gasteiger partial charge in [0.1, 0.15) is 5.75 Å². The number of likely N-dealkylation sites (tertiary alicyclic amines) is 1. The molecule has 28 heavy (non-hydrogen) atoms. The average Bonchev–Trinajstić information content (AvgIpc) is 3.16. The summed E-state index contributed by atoms with van der Waals surface area (Å²) >= 11 is 0. The van der Waals surface area contributed by atoms with Crippen LogP contribution >= 0.6 is 12.4 Å². The van der Waals surface area contributed by atoms with Crippen molar-refractivity contribution in [2.24, 2.45) is 5.73 Å². The molecule has 3 rings (SSSR count). The number of anilines is 1. The molecular weight excluding hydrogens is 402 g/mol. The number of benzene rings is 2. The molecule has 0 aliphatic carbocycles. The number of rotatable bonds is 6. The molecule has 0 aromatic heterocycles. The quantitative estimate of drug-likeness (QED) is 0.740. The van der Waals surface area contributed by atoms with Gasteiger partial charge in [0.15, 0.2) is 0 Å². The molecule has 0 bridgehead atoms. The topological polar surface area (TPSA) is 102 Å². The van der Waals surface area contributed by atoms with Crippen molar-refractivity contribution in [2.75, 3.05) is 24.9 Å². The Balaban J connectivity index is 0.00000280. The number of hydrogen-bond donors (Lipinski definition) is 2. The molecule has 1 fully saturated rings. The zero-order valence-electron chi connectivity index (χ0n) is 15.5. The maximum Gasteiger partial charge on any atom is 0.262 e. The molecule has 0 spiro atoms. The number of hydrogen-bond acceptors (Lipinski definition) is 5. The number of nitrogens with zero attached hydrogens (tertiary/aromatic N) is 1. The fraction of sp³-hybridized carbons (Fsp3) is 0.316. The van der Waals surface area contributed by atoms with E-state index in [4.69, 9.17) is 10.5 Å². The third kappa shape index (κ3) is 4.57. The molecule has 0 radical (unpaired) electrons. The van der Waals surface area contributed by atoms with Gasteiger partial charge in [0.05, 0.1) is 17.7 Å². The monoisotopic (exact) mass is 425 g/mol. The van der Waals surface area contributed by atoms with Crippen molar-refractivity contribution < 1.29 is 17.9 Å². The first-order valence-electron chi connectivity index (χ1n) is 8.73. The zero-order valence-corrected chi connectivity index (χ0v) is 17.1. The zero-order chi connectivity index (χ0) is 19.4. The van der Waals surface area contributed by atoms with E-state index in [1.165, 1.54) is 19.2 Å². The summed E-state index contributed by atoms with van der Waals surface area (Å²) in [4.78, 5) is 14.5. The predicted molar refractivity (Wildman–Crippen MR) is 111 cm³/mol. The summed E-state index contributed by atoms with van der Waals surface area (Å²) in [5, 5.41) is 0. The maximum absolute atomic E-state index is 12.8. The second-order valence-electron chi connectivity index (χ2n) is 6.36. The van der Waals surface area contributed by atoms with Crippen LogP contribution in [0.15, 0.2) is 53.4 Å². The third-order valence-electron chi connectivity index (χ3n) is 4.65. The molecular formula is C19H24ClN3O4S. The van der Waals surface area contributed by atoms with E-state index in [-0.39, 0.29) is 29.3 Å². The lowest BCUT2D eigenvalue weighted by atomic mass is 10.1. The molecule has 1 unspecified atom stereocenters. The van der Waals surface area contributed by atoms with Crippen molar-refractivity contribution >= 4 is 34.0 Å². The number of halogens is 1. The minimum Gasteiger partial charge on any atom is -0.495 e. The molecule has 9 heteroatoms. The van der Waals surface area contributed by atoms with E-state index in [1.54, 1.807) is 41.3 Å². The van der Waals surface area contributed by atoms with Crippen molar-refractivity contribution in [1.82, 2.24) is 4.90 Å². The van der Waals surface area contributed by atoms with E-state index in [0.29, 0.717) is 30.1 Å². The predicted octanol–water partition coefficient (Wildman–Crippen LogP) is 2.48. The number of sulfonamides is 1. The van der Waals surface area contributed by atoms with Gasteiger partial charge in [-0.05, 0) is 43.2 Å². The Hall–Kier alpha value is -2.29. The van der Waals surface area contributed by atoms with Gasteiger partial charge in [-0.25, -0.2) is 8.42 Å². The molecule has 0 saturated carbocycles. The first-order chi connectivity index (χ1) is 13.0. The standard InChI is InChI=1S/C19H23N3O4S.ClH/c1-26-18-10-3-2-9-17(18)21-27(24,25)16-8-4-6-14(12-16)19(23)22-11-5-7-15(22)13-20;/h2-4,6,8-10,12,15,21H,5,7,11,13,20H2,1H3;1H. The van der Waals surface area contributed by atoms with Crippen LogP contribution in [-0.4, -0.2) is 45.5 Å². The summed E-state index contributed by atoms with van der Waals surface area (Å²) in [6, 6.07) is 12.8. The molecule has 7 nitrogen and oxygen atoms in total. The molecule has 1 saturated heterocycles. The molecule has 2 aromatic carbocycles. The number of methoxy groups -OCH3 is 1. The van der Waals surface area contributed by atoms with Crippen LogP contribution in [0.4, 0.5) is 5.69 Å². The molecule has 1 heterocycles. The van der Waals surface area contributed by atoms with Crippen molar-refractivity contribution in [2.45, 2.75) is 23.8 Å². The van der Waals surface area contributed by atoms with Crippen molar-refractivity contribution in [3.63, 3.8) is 0 Å². The first-order valence-corrected chi connectivity index (χ1v) is 10.2. The van der Waals surface area contributed by atoms with Gasteiger partial charge in [0.2, 0.25) is 0 Å². The number of para-hydroxylation sites is 2. The molecule has 1 amide bonds. The second kappa shape index (κ2) is 9.27. The lowest BCUT2D eigenvalue weighted by Crippen LogP contribution is -2.39. The summed E-state index contributed by atoms with van der Waals surface area (Å²) in [6.07, 6.45) is 1.77. The minimum absolute atomic E-state index is 0. The largest absolute Gasteiger partial charge is 0.495 e. The lowest BCUT2D eigenvalue weighted by Gasteiger charge is -2.23. The van der Waals surface area contributed by atoms with Crippen molar-refractivity contribution in [3.05, 3.63) is 54.1 Å². The van der Waals surface area contributed by atoms with E-state index in [2.05, 4.69) is 4.72 Å². The minimum atomic E-state index is -3.87. The van der Waals surface area contributed by atoms with Crippen LogP contribution in [0.5, 0.6) is 5.75 Å². The second-order valence-corrected chi connectivity index (χ2v) is 8.05. The van der Waals surface area contributed by atoms with E-state index in [9.17, 15) is 13.2 Å². The van der Waals surface area contributed by atoms with Crippen molar-refractivity contribution in [1.29, 1.82) is 0 Å². The van der Waals surface area contributed by atoms with Crippen LogP contribution in [-0.2, 0) is 10.0 Å². The van der Waals surface area contributed by atoms with Crippen LogP contribution < -0.4 is 15.2 Å². The SMILES string of the molecule is COc1ccccc1NS(=O)(=O)c1cccc(C(=O)N2CCCC2CN)c1.Cl. The van der Waals surface area contributed by atoms with E-state index < -0.39 is 10.0 Å². The van der Waals surface area contributed by atoms with Crippen LogP contribution in [0.1, 0.15) is 23.2 Å². The van der Waals surface area contributed by atoms with Gasteiger partial charge in [-0.15, -0.1) is 12.4 Å². The summed E-state index contributed by atoms with van der Waals surface area (Å²) in [5.74, 6) is 0.216. The van der Waals surface area contributed by atoms with Gasteiger partial charge in [-0.1, -0.05) is 18.2 Å². The number of nitrogens with two attached hydrogens (primary N) is 1. The van der Waals surface area contributed by atoms with Gasteiger partial charge in [-0.2, -0.15) is 0 Å². The maximum atomic E-state index is 12.8. The Morgan fingerprint density at radius 2 is 2.00 bits per heavy atom. The third-order valence-corrected chi connectivity index (χ3v) is 6.02. The highest BCUT2D eigenvalue weighted by Crippen LogP contribution is 2.27. The molecule has 1 aliphatic heterocycles. The Morgan fingerprint density at radius 3 is 2.71 bits per heavy atom. The smallest absolute Gasteiger partial charge is 0.262 e. The van der Waals surface area contributed by atoms with Gasteiger partial charge in [0.25, 0.3) is 15.9 Å². The van der Waals surface area contributed by atoms with E-state index >= 15 is 0 Å². The van der Waals surface area contributed by atoms with Gasteiger partial charge >= 0.3 is 0 Å². The Bertz CT molecular complexity index is 936. The molecule has 152 valence electrons. The Labute approximate surface area is 171 Å². The van der Waals surface area contributed by atoms with Crippen LogP contribution in [0.25, 0.3) is 0 Å². The Kier molecular flexibility index (Phi) is 7.29. The highest BCUT2D eigenvalue weighted by Gasteiger charge is 2.29. The molecule has 3 N–H and O–H groups in total. The van der Waals surface area contributed by atoms with Crippen LogP contribution in [0.3, 0.4) is 0 Å². The lowest BCUT2D eigenvalue weighted by molar-refractivity contribution is 0.0741. The Morgan fingerprint density at radius 1 is 1.25 bits per heavy atom. The van der Waals surface area contributed by atoms with Gasteiger partial charge < -0.3 is 15.4 Å². The number of carbonyl (C=O) groups is 1.